The molecule has 0 spiro atoms. The highest BCUT2D eigenvalue weighted by atomic mass is 16.5. The Kier molecular flexibility index (Phi) is 3.20. The van der Waals surface area contributed by atoms with Gasteiger partial charge in [0.05, 0.1) is 12.1 Å². The van der Waals surface area contributed by atoms with E-state index in [4.69, 9.17) is 9.78 Å². The predicted molar refractivity (Wildman–Crippen MR) is 57.7 cm³/mol. The Bertz CT molecular complexity index is 387. The normalized spacial score (nSPS) is 20.6. The average molecular weight is 220 g/mol. The van der Waals surface area contributed by atoms with E-state index >= 15 is 0 Å². The Labute approximate surface area is 95.0 Å². The van der Waals surface area contributed by atoms with Crippen molar-refractivity contribution in [1.29, 1.82) is 5.26 Å². The largest absolute Gasteiger partial charge is 0.340 e. The molecule has 0 bridgehead atoms. The Morgan fingerprint density at radius 1 is 1.50 bits per heavy atom. The van der Waals surface area contributed by atoms with Crippen LogP contribution in [0.3, 0.4) is 0 Å². The van der Waals surface area contributed by atoms with Crippen molar-refractivity contribution in [3.63, 3.8) is 0 Å². The highest BCUT2D eigenvalue weighted by molar-refractivity contribution is 4.99. The fourth-order valence-electron chi connectivity index (χ4n) is 2.11. The summed E-state index contributed by atoms with van der Waals surface area (Å²) in [5, 5.41) is 12.8. The van der Waals surface area contributed by atoms with Gasteiger partial charge in [-0.05, 0) is 19.8 Å². The molecule has 0 aromatic carbocycles. The van der Waals surface area contributed by atoms with E-state index in [1.165, 1.54) is 0 Å². The molecule has 1 aliphatic heterocycles. The molecule has 0 N–H and O–H groups in total. The second kappa shape index (κ2) is 4.62. The molecule has 1 aliphatic rings. The van der Waals surface area contributed by atoms with E-state index in [2.05, 4.69) is 21.1 Å². The maximum absolute atomic E-state index is 8.84. The van der Waals surface area contributed by atoms with Crippen LogP contribution in [-0.4, -0.2) is 34.2 Å². The Morgan fingerprint density at radius 2 is 2.19 bits per heavy atom. The lowest BCUT2D eigenvalue weighted by atomic mass is 9.95. The molecule has 0 aliphatic carbocycles. The smallest absolute Gasteiger partial charge is 0.223 e. The van der Waals surface area contributed by atoms with Crippen LogP contribution in [0.2, 0.25) is 0 Å². The summed E-state index contributed by atoms with van der Waals surface area (Å²) in [5.41, 5.74) is 0. The zero-order valence-corrected chi connectivity index (χ0v) is 9.68. The molecule has 1 fully saturated rings. The molecule has 2 rings (SSSR count). The third-order valence-corrected chi connectivity index (χ3v) is 3.17. The molecule has 1 aromatic rings. The van der Waals surface area contributed by atoms with Crippen LogP contribution in [-0.2, 0) is 0 Å². The van der Waals surface area contributed by atoms with Crippen LogP contribution < -0.4 is 0 Å². The van der Waals surface area contributed by atoms with E-state index in [1.807, 2.05) is 13.8 Å². The number of likely N-dealkylation sites (tertiary alicyclic amines) is 1. The van der Waals surface area contributed by atoms with Crippen molar-refractivity contribution in [2.45, 2.75) is 38.6 Å². The molecule has 0 unspecified atom stereocenters. The summed E-state index contributed by atoms with van der Waals surface area (Å²) in [4.78, 5) is 6.46. The first kappa shape index (κ1) is 11.1. The van der Waals surface area contributed by atoms with E-state index in [-0.39, 0.29) is 6.04 Å². The maximum atomic E-state index is 8.84. The van der Waals surface area contributed by atoms with Crippen LogP contribution >= 0.6 is 0 Å². The molecule has 2 heterocycles. The zero-order chi connectivity index (χ0) is 11.5. The van der Waals surface area contributed by atoms with Crippen LogP contribution in [0.5, 0.6) is 0 Å². The quantitative estimate of drug-likeness (QED) is 0.755. The monoisotopic (exact) mass is 220 g/mol. The predicted octanol–water partition coefficient (Wildman–Crippen LogP) is 1.47. The number of aromatic nitrogens is 2. The van der Waals surface area contributed by atoms with Crippen molar-refractivity contribution >= 4 is 0 Å². The van der Waals surface area contributed by atoms with Gasteiger partial charge in [-0.2, -0.15) is 10.2 Å². The van der Waals surface area contributed by atoms with Gasteiger partial charge in [0.25, 0.3) is 0 Å². The summed E-state index contributed by atoms with van der Waals surface area (Å²) >= 11 is 0. The second-order valence-corrected chi connectivity index (χ2v) is 4.29. The summed E-state index contributed by atoms with van der Waals surface area (Å²) in [6, 6.07) is 2.28. The molecule has 1 saturated heterocycles. The summed E-state index contributed by atoms with van der Waals surface area (Å²) in [7, 11) is 0. The van der Waals surface area contributed by atoms with Gasteiger partial charge in [0.2, 0.25) is 5.89 Å². The minimum Gasteiger partial charge on any atom is -0.340 e. The number of hydrogen-bond acceptors (Lipinski definition) is 5. The minimum absolute atomic E-state index is 0.00737. The summed E-state index contributed by atoms with van der Waals surface area (Å²) in [6.07, 6.45) is 2.01. The first-order valence-corrected chi connectivity index (χ1v) is 5.64. The number of nitriles is 1. The topological polar surface area (TPSA) is 66.0 Å². The van der Waals surface area contributed by atoms with Gasteiger partial charge in [0, 0.05) is 25.9 Å². The zero-order valence-electron chi connectivity index (χ0n) is 9.68. The molecule has 86 valence electrons. The average Bonchev–Trinajstić information content (AvgIpc) is 2.75. The fraction of sp³-hybridized carbons (Fsp3) is 0.727. The molecular formula is C11H16N4O. The lowest BCUT2D eigenvalue weighted by Crippen LogP contribution is -2.38. The minimum atomic E-state index is 0.00737. The standard InChI is InChI=1S/C11H16N4O/c1-8(7-12)15-5-3-10(4-6-15)11-13-9(2)16-14-11/h8,10H,3-6H2,1-2H3/t8-/m0/s1. The van der Waals surface area contributed by atoms with E-state index in [0.717, 1.165) is 31.8 Å². The highest BCUT2D eigenvalue weighted by Crippen LogP contribution is 2.26. The molecule has 0 amide bonds. The number of rotatable bonds is 2. The van der Waals surface area contributed by atoms with E-state index in [1.54, 1.807) is 0 Å². The molecule has 5 heteroatoms. The molecular weight excluding hydrogens is 204 g/mol. The van der Waals surface area contributed by atoms with Gasteiger partial charge in [0.15, 0.2) is 5.82 Å². The number of hydrogen-bond donors (Lipinski definition) is 0. The van der Waals surface area contributed by atoms with Crippen LogP contribution in [0.4, 0.5) is 0 Å². The summed E-state index contributed by atoms with van der Waals surface area (Å²) in [6.45, 7) is 5.63. The van der Waals surface area contributed by atoms with Gasteiger partial charge < -0.3 is 4.52 Å². The van der Waals surface area contributed by atoms with E-state index in [0.29, 0.717) is 11.8 Å². The van der Waals surface area contributed by atoms with Gasteiger partial charge in [-0.3, -0.25) is 4.90 Å². The molecule has 1 atom stereocenters. The van der Waals surface area contributed by atoms with Crippen molar-refractivity contribution in [3.05, 3.63) is 11.7 Å². The first-order chi connectivity index (χ1) is 7.70. The summed E-state index contributed by atoms with van der Waals surface area (Å²) in [5.74, 6) is 1.84. The molecule has 5 nitrogen and oxygen atoms in total. The summed E-state index contributed by atoms with van der Waals surface area (Å²) < 4.78 is 4.99. The van der Waals surface area contributed by atoms with Crippen LogP contribution in [0.15, 0.2) is 4.52 Å². The van der Waals surface area contributed by atoms with E-state index < -0.39 is 0 Å². The third kappa shape index (κ3) is 2.22. The fourth-order valence-corrected chi connectivity index (χ4v) is 2.11. The molecule has 0 radical (unpaired) electrons. The van der Waals surface area contributed by atoms with Crippen LogP contribution in [0.1, 0.15) is 37.4 Å². The maximum Gasteiger partial charge on any atom is 0.223 e. The highest BCUT2D eigenvalue weighted by Gasteiger charge is 2.26. The van der Waals surface area contributed by atoms with Gasteiger partial charge in [-0.15, -0.1) is 0 Å². The van der Waals surface area contributed by atoms with Crippen molar-refractivity contribution in [1.82, 2.24) is 15.0 Å². The van der Waals surface area contributed by atoms with Gasteiger partial charge in [0.1, 0.15) is 0 Å². The van der Waals surface area contributed by atoms with Gasteiger partial charge in [-0.1, -0.05) is 5.16 Å². The number of nitrogens with zero attached hydrogens (tertiary/aromatic N) is 4. The van der Waals surface area contributed by atoms with Crippen LogP contribution in [0.25, 0.3) is 0 Å². The Hall–Kier alpha value is -1.41. The number of piperidine rings is 1. The van der Waals surface area contributed by atoms with Crippen molar-refractivity contribution in [2.24, 2.45) is 0 Å². The third-order valence-electron chi connectivity index (χ3n) is 3.17. The van der Waals surface area contributed by atoms with Crippen LogP contribution in [0, 0.1) is 18.3 Å². The Balaban J connectivity index is 1.93. The van der Waals surface area contributed by atoms with Gasteiger partial charge >= 0.3 is 0 Å². The lowest BCUT2D eigenvalue weighted by Gasteiger charge is -2.31. The van der Waals surface area contributed by atoms with Gasteiger partial charge in [-0.25, -0.2) is 0 Å². The van der Waals surface area contributed by atoms with Crippen molar-refractivity contribution in [2.75, 3.05) is 13.1 Å². The molecule has 0 saturated carbocycles. The lowest BCUT2D eigenvalue weighted by molar-refractivity contribution is 0.186. The first-order valence-electron chi connectivity index (χ1n) is 5.64. The SMILES string of the molecule is Cc1nc(C2CCN([C@@H](C)C#N)CC2)no1. The van der Waals surface area contributed by atoms with Crippen molar-refractivity contribution in [3.8, 4) is 6.07 Å². The molecule has 16 heavy (non-hydrogen) atoms. The molecule has 1 aromatic heterocycles. The Morgan fingerprint density at radius 3 is 2.69 bits per heavy atom. The van der Waals surface area contributed by atoms with E-state index in [9.17, 15) is 0 Å². The number of aryl methyl sites for hydroxylation is 1. The van der Waals surface area contributed by atoms with Crippen molar-refractivity contribution < 1.29 is 4.52 Å². The second-order valence-electron chi connectivity index (χ2n) is 4.29.